The van der Waals surface area contributed by atoms with E-state index in [4.69, 9.17) is 10.7 Å². The van der Waals surface area contributed by atoms with Crippen LogP contribution < -0.4 is 10.6 Å². The summed E-state index contributed by atoms with van der Waals surface area (Å²) in [4.78, 5) is 7.39. The van der Waals surface area contributed by atoms with Crippen molar-refractivity contribution in [2.45, 2.75) is 52.5 Å². The Morgan fingerprint density at radius 3 is 2.68 bits per heavy atom. The number of piperidine rings is 1. The summed E-state index contributed by atoms with van der Waals surface area (Å²) in [5, 5.41) is 0. The minimum atomic E-state index is 0.482. The Morgan fingerprint density at radius 2 is 2.00 bits per heavy atom. The van der Waals surface area contributed by atoms with Gasteiger partial charge in [-0.1, -0.05) is 13.8 Å². The number of fused-ring (bicyclic) bond motifs is 1. The average Bonchev–Trinajstić information content (AvgIpc) is 2.84. The molecule has 1 aromatic heterocycles. The van der Waals surface area contributed by atoms with E-state index in [9.17, 15) is 0 Å². The molecule has 2 aliphatic rings. The Bertz CT molecular complexity index is 469. The van der Waals surface area contributed by atoms with Gasteiger partial charge in [-0.15, -0.1) is 0 Å². The molecule has 0 atom stereocenters. The van der Waals surface area contributed by atoms with Gasteiger partial charge in [0.1, 0.15) is 5.82 Å². The summed E-state index contributed by atoms with van der Waals surface area (Å²) >= 11 is 0. The number of anilines is 1. The van der Waals surface area contributed by atoms with Crippen molar-refractivity contribution in [1.82, 2.24) is 4.98 Å². The Morgan fingerprint density at radius 1 is 1.26 bits per heavy atom. The highest BCUT2D eigenvalue weighted by atomic mass is 15.2. The molecule has 1 aromatic rings. The van der Waals surface area contributed by atoms with Crippen LogP contribution in [0.1, 0.15) is 49.9 Å². The summed E-state index contributed by atoms with van der Waals surface area (Å²) in [5.41, 5.74) is 10.4. The van der Waals surface area contributed by atoms with E-state index >= 15 is 0 Å². The van der Waals surface area contributed by atoms with E-state index in [0.717, 1.165) is 19.5 Å². The average molecular weight is 259 g/mol. The van der Waals surface area contributed by atoms with Crippen LogP contribution in [0, 0.1) is 5.41 Å². The fourth-order valence-electron chi connectivity index (χ4n) is 3.26. The predicted molar refractivity (Wildman–Crippen MR) is 79.4 cm³/mol. The first-order valence-electron chi connectivity index (χ1n) is 7.56. The first-order chi connectivity index (χ1) is 9.09. The van der Waals surface area contributed by atoms with Crippen LogP contribution in [-0.2, 0) is 19.4 Å². The van der Waals surface area contributed by atoms with Gasteiger partial charge < -0.3 is 10.6 Å². The summed E-state index contributed by atoms with van der Waals surface area (Å²) in [7, 11) is 0. The molecule has 104 valence electrons. The minimum Gasteiger partial charge on any atom is -0.356 e. The molecule has 2 heterocycles. The van der Waals surface area contributed by atoms with Crippen molar-refractivity contribution >= 4 is 5.82 Å². The molecule has 1 aliphatic heterocycles. The smallest absolute Gasteiger partial charge is 0.133 e. The number of nitrogens with zero attached hydrogens (tertiary/aromatic N) is 2. The van der Waals surface area contributed by atoms with Gasteiger partial charge in [0.15, 0.2) is 0 Å². The lowest BCUT2D eigenvalue weighted by atomic mass is 9.82. The van der Waals surface area contributed by atoms with Crippen LogP contribution in [0.15, 0.2) is 6.07 Å². The van der Waals surface area contributed by atoms with Crippen LogP contribution in [-0.4, -0.2) is 18.1 Å². The van der Waals surface area contributed by atoms with E-state index in [2.05, 4.69) is 24.8 Å². The van der Waals surface area contributed by atoms with E-state index in [0.29, 0.717) is 12.0 Å². The Labute approximate surface area is 116 Å². The van der Waals surface area contributed by atoms with Crippen LogP contribution in [0.3, 0.4) is 0 Å². The zero-order chi connectivity index (χ0) is 13.5. The highest BCUT2D eigenvalue weighted by molar-refractivity contribution is 5.51. The Hall–Kier alpha value is -1.09. The van der Waals surface area contributed by atoms with Crippen molar-refractivity contribution in [1.29, 1.82) is 0 Å². The van der Waals surface area contributed by atoms with E-state index in [1.165, 1.54) is 48.3 Å². The van der Waals surface area contributed by atoms with Crippen LogP contribution in [0.4, 0.5) is 5.82 Å². The number of aromatic nitrogens is 1. The zero-order valence-corrected chi connectivity index (χ0v) is 12.2. The van der Waals surface area contributed by atoms with Crippen molar-refractivity contribution in [2.75, 3.05) is 18.0 Å². The van der Waals surface area contributed by atoms with Gasteiger partial charge in [0, 0.05) is 30.9 Å². The first kappa shape index (κ1) is 12.9. The molecule has 1 aliphatic carbocycles. The molecule has 19 heavy (non-hydrogen) atoms. The number of pyridine rings is 1. The molecule has 0 saturated carbocycles. The van der Waals surface area contributed by atoms with Crippen LogP contribution >= 0.6 is 0 Å². The molecule has 0 spiro atoms. The van der Waals surface area contributed by atoms with Gasteiger partial charge in [-0.3, -0.25) is 0 Å². The molecule has 1 saturated heterocycles. The molecule has 1 fully saturated rings. The quantitative estimate of drug-likeness (QED) is 0.888. The lowest BCUT2D eigenvalue weighted by Crippen LogP contribution is -2.38. The highest BCUT2D eigenvalue weighted by Crippen LogP contribution is 2.34. The maximum Gasteiger partial charge on any atom is 0.133 e. The van der Waals surface area contributed by atoms with Gasteiger partial charge in [0.2, 0.25) is 0 Å². The molecule has 0 radical (unpaired) electrons. The second kappa shape index (κ2) is 4.78. The normalized spacial score (nSPS) is 21.5. The first-order valence-corrected chi connectivity index (χ1v) is 7.56. The number of rotatable bonds is 2. The third-order valence-corrected chi connectivity index (χ3v) is 4.74. The number of hydrogen-bond donors (Lipinski definition) is 1. The molecule has 0 unspecified atom stereocenters. The number of hydrogen-bond acceptors (Lipinski definition) is 3. The van der Waals surface area contributed by atoms with Gasteiger partial charge in [-0.25, -0.2) is 4.98 Å². The van der Waals surface area contributed by atoms with E-state index < -0.39 is 0 Å². The summed E-state index contributed by atoms with van der Waals surface area (Å²) in [5.74, 6) is 1.17. The molecule has 0 aromatic carbocycles. The predicted octanol–water partition coefficient (Wildman–Crippen LogP) is 2.66. The maximum atomic E-state index is 5.94. The second-order valence-electron chi connectivity index (χ2n) is 6.79. The number of aryl methyl sites for hydroxylation is 2. The van der Waals surface area contributed by atoms with E-state index in [1.54, 1.807) is 0 Å². The fourth-order valence-corrected chi connectivity index (χ4v) is 3.26. The Balaban J connectivity index is 1.88. The van der Waals surface area contributed by atoms with Crippen LogP contribution in [0.5, 0.6) is 0 Å². The van der Waals surface area contributed by atoms with Gasteiger partial charge >= 0.3 is 0 Å². The zero-order valence-electron chi connectivity index (χ0n) is 12.2. The van der Waals surface area contributed by atoms with Gasteiger partial charge in [0.05, 0.1) is 0 Å². The van der Waals surface area contributed by atoms with Crippen molar-refractivity contribution in [3.63, 3.8) is 0 Å². The lowest BCUT2D eigenvalue weighted by molar-refractivity contribution is 0.279. The Kier molecular flexibility index (Phi) is 3.25. The van der Waals surface area contributed by atoms with Crippen LogP contribution in [0.2, 0.25) is 0 Å². The fraction of sp³-hybridized carbons (Fsp3) is 0.688. The van der Waals surface area contributed by atoms with E-state index in [1.807, 2.05) is 0 Å². The summed E-state index contributed by atoms with van der Waals surface area (Å²) in [6.07, 6.45) is 6.07. The molecule has 2 N–H and O–H groups in total. The molecule has 0 bridgehead atoms. The highest BCUT2D eigenvalue weighted by Gasteiger charge is 2.27. The SMILES string of the molecule is CC1(C)CCN(c2nc3c(cc2CN)CCC3)CC1. The van der Waals surface area contributed by atoms with Gasteiger partial charge in [-0.05, 0) is 49.1 Å². The van der Waals surface area contributed by atoms with Crippen molar-refractivity contribution in [3.05, 3.63) is 22.9 Å². The third-order valence-electron chi connectivity index (χ3n) is 4.74. The van der Waals surface area contributed by atoms with E-state index in [-0.39, 0.29) is 0 Å². The molecule has 0 amide bonds. The second-order valence-corrected chi connectivity index (χ2v) is 6.79. The largest absolute Gasteiger partial charge is 0.356 e. The molecular formula is C16H25N3. The lowest BCUT2D eigenvalue weighted by Gasteiger charge is -2.38. The van der Waals surface area contributed by atoms with Crippen LogP contribution in [0.25, 0.3) is 0 Å². The summed E-state index contributed by atoms with van der Waals surface area (Å²) < 4.78 is 0. The third kappa shape index (κ3) is 2.48. The van der Waals surface area contributed by atoms with Gasteiger partial charge in [-0.2, -0.15) is 0 Å². The van der Waals surface area contributed by atoms with Crippen molar-refractivity contribution in [2.24, 2.45) is 11.1 Å². The monoisotopic (exact) mass is 259 g/mol. The molecular weight excluding hydrogens is 234 g/mol. The number of nitrogens with two attached hydrogens (primary N) is 1. The topological polar surface area (TPSA) is 42.2 Å². The van der Waals surface area contributed by atoms with Gasteiger partial charge in [0.25, 0.3) is 0 Å². The summed E-state index contributed by atoms with van der Waals surface area (Å²) in [6, 6.07) is 2.31. The summed E-state index contributed by atoms with van der Waals surface area (Å²) in [6.45, 7) is 7.57. The standard InChI is InChI=1S/C16H25N3/c1-16(2)6-8-19(9-7-16)15-13(11-17)10-12-4-3-5-14(12)18-15/h10H,3-9,11,17H2,1-2H3. The van der Waals surface area contributed by atoms with Crippen molar-refractivity contribution in [3.8, 4) is 0 Å². The molecule has 3 heteroatoms. The maximum absolute atomic E-state index is 5.94. The van der Waals surface area contributed by atoms with Crippen molar-refractivity contribution < 1.29 is 0 Å². The molecule has 3 rings (SSSR count). The molecule has 3 nitrogen and oxygen atoms in total. The minimum absolute atomic E-state index is 0.482.